The Hall–Kier alpha value is -1.89. The largest absolute Gasteiger partial charge is 0.505 e. The fourth-order valence-electron chi connectivity index (χ4n) is 1.58. The summed E-state index contributed by atoms with van der Waals surface area (Å²) in [5.41, 5.74) is 3.92. The number of pyridine rings is 2. The summed E-state index contributed by atoms with van der Waals surface area (Å²) in [6.45, 7) is 1.39. The van der Waals surface area contributed by atoms with Gasteiger partial charge in [0.2, 0.25) is 0 Å². The van der Waals surface area contributed by atoms with E-state index >= 15 is 0 Å². The molecular weight excluding hydrogens is 315 g/mol. The minimum absolute atomic E-state index is 0.0396. The minimum Gasteiger partial charge on any atom is -0.505 e. The van der Waals surface area contributed by atoms with Gasteiger partial charge in [0.05, 0.1) is 28.6 Å². The van der Waals surface area contributed by atoms with Crippen LogP contribution < -0.4 is 5.43 Å². The molecule has 0 aromatic carbocycles. The molecule has 0 saturated heterocycles. The number of hydrogen-bond donors (Lipinski definition) is 3. The third kappa shape index (κ3) is 3.60. The summed E-state index contributed by atoms with van der Waals surface area (Å²) >= 11 is 11.7. The highest BCUT2D eigenvalue weighted by Gasteiger charge is 2.09. The zero-order chi connectivity index (χ0) is 15.4. The summed E-state index contributed by atoms with van der Waals surface area (Å²) in [7, 11) is 0. The van der Waals surface area contributed by atoms with E-state index in [4.69, 9.17) is 23.2 Å². The molecule has 0 radical (unpaired) electrons. The van der Waals surface area contributed by atoms with Gasteiger partial charge in [-0.2, -0.15) is 5.10 Å². The maximum atomic E-state index is 9.95. The molecule has 0 spiro atoms. The molecule has 0 saturated carbocycles. The lowest BCUT2D eigenvalue weighted by molar-refractivity contribution is 0.280. The van der Waals surface area contributed by atoms with Gasteiger partial charge in [-0.25, -0.2) is 4.98 Å². The molecule has 110 valence electrons. The summed E-state index contributed by atoms with van der Waals surface area (Å²) in [5.74, 6) is 0.287. The summed E-state index contributed by atoms with van der Waals surface area (Å²) in [5, 5.41) is 23.9. The highest BCUT2D eigenvalue weighted by atomic mass is 35.5. The molecule has 0 atom stereocenters. The number of aromatic hydroxyl groups is 1. The SMILES string of the molecule is Cc1ncc(CO)c(C=NNc2ncc(Cl)cc2Cl)c1O. The van der Waals surface area contributed by atoms with Crippen molar-refractivity contribution in [2.24, 2.45) is 5.10 Å². The number of anilines is 1. The third-order valence-electron chi connectivity index (χ3n) is 2.70. The minimum atomic E-state index is -0.262. The number of nitrogens with zero attached hydrogens (tertiary/aromatic N) is 3. The van der Waals surface area contributed by atoms with E-state index in [1.807, 2.05) is 0 Å². The molecule has 6 nitrogen and oxygen atoms in total. The predicted octanol–water partition coefficient (Wildman–Crippen LogP) is 2.74. The standard InChI is InChI=1S/C13H12Cl2N4O2/c1-7-12(21)10(8(6-20)3-16-7)5-18-19-13-11(15)2-9(14)4-17-13/h2-5,20-21H,6H2,1H3,(H,17,19). The second-order valence-corrected chi connectivity index (χ2v) is 4.99. The Morgan fingerprint density at radius 2 is 2.10 bits per heavy atom. The topological polar surface area (TPSA) is 90.6 Å². The summed E-state index contributed by atoms with van der Waals surface area (Å²) < 4.78 is 0. The molecule has 2 rings (SSSR count). The molecule has 3 N–H and O–H groups in total. The van der Waals surface area contributed by atoms with E-state index in [1.54, 1.807) is 6.92 Å². The van der Waals surface area contributed by atoms with Gasteiger partial charge in [-0.3, -0.25) is 10.4 Å². The van der Waals surface area contributed by atoms with Crippen LogP contribution in [-0.2, 0) is 6.61 Å². The van der Waals surface area contributed by atoms with E-state index in [2.05, 4.69) is 20.5 Å². The zero-order valence-corrected chi connectivity index (χ0v) is 12.5. The summed E-state index contributed by atoms with van der Waals surface area (Å²) in [4.78, 5) is 7.94. The lowest BCUT2D eigenvalue weighted by Gasteiger charge is -2.07. The normalized spacial score (nSPS) is 11.0. The van der Waals surface area contributed by atoms with Crippen molar-refractivity contribution in [3.8, 4) is 5.75 Å². The van der Waals surface area contributed by atoms with Gasteiger partial charge in [0, 0.05) is 23.5 Å². The molecule has 8 heteroatoms. The van der Waals surface area contributed by atoms with Crippen LogP contribution in [0.25, 0.3) is 0 Å². The number of aryl methyl sites for hydroxylation is 1. The Kier molecular flexibility index (Phi) is 4.95. The number of halogens is 2. The van der Waals surface area contributed by atoms with Crippen LogP contribution in [0, 0.1) is 6.92 Å². The fourth-order valence-corrected chi connectivity index (χ4v) is 2.00. The average Bonchev–Trinajstić information content (AvgIpc) is 2.46. The Balaban J connectivity index is 2.24. The molecule has 0 fully saturated rings. The van der Waals surface area contributed by atoms with Gasteiger partial charge in [0.25, 0.3) is 0 Å². The van der Waals surface area contributed by atoms with E-state index < -0.39 is 0 Å². The van der Waals surface area contributed by atoms with Crippen LogP contribution in [0.5, 0.6) is 5.75 Å². The van der Waals surface area contributed by atoms with Crippen molar-refractivity contribution in [3.63, 3.8) is 0 Å². The molecule has 0 aliphatic heterocycles. The second kappa shape index (κ2) is 6.71. The summed E-state index contributed by atoms with van der Waals surface area (Å²) in [6.07, 6.45) is 4.27. The first-order valence-electron chi connectivity index (χ1n) is 5.91. The fraction of sp³-hybridized carbons (Fsp3) is 0.154. The zero-order valence-electron chi connectivity index (χ0n) is 11.0. The molecule has 2 aromatic heterocycles. The molecule has 2 aromatic rings. The molecule has 0 aliphatic carbocycles. The van der Waals surface area contributed by atoms with Crippen molar-refractivity contribution in [2.45, 2.75) is 13.5 Å². The average molecular weight is 327 g/mol. The number of rotatable bonds is 4. The van der Waals surface area contributed by atoms with Crippen molar-refractivity contribution < 1.29 is 10.2 Å². The van der Waals surface area contributed by atoms with Gasteiger partial charge < -0.3 is 10.2 Å². The number of aromatic nitrogens is 2. The first-order valence-corrected chi connectivity index (χ1v) is 6.67. The molecule has 21 heavy (non-hydrogen) atoms. The number of nitrogens with one attached hydrogen (secondary N) is 1. The Bertz CT molecular complexity index is 692. The monoisotopic (exact) mass is 326 g/mol. The van der Waals surface area contributed by atoms with Gasteiger partial charge in [0.1, 0.15) is 5.75 Å². The van der Waals surface area contributed by atoms with E-state index in [0.29, 0.717) is 32.7 Å². The number of aliphatic hydroxyl groups is 1. The smallest absolute Gasteiger partial charge is 0.165 e. The van der Waals surface area contributed by atoms with Crippen LogP contribution in [-0.4, -0.2) is 26.4 Å². The van der Waals surface area contributed by atoms with Crippen molar-refractivity contribution in [1.29, 1.82) is 0 Å². The molecule has 0 unspecified atom stereocenters. The van der Waals surface area contributed by atoms with Crippen LogP contribution in [0.3, 0.4) is 0 Å². The highest BCUT2D eigenvalue weighted by molar-refractivity contribution is 6.35. The quantitative estimate of drug-likeness (QED) is 0.593. The lowest BCUT2D eigenvalue weighted by atomic mass is 10.1. The Labute approximate surface area is 131 Å². The number of hydrogen-bond acceptors (Lipinski definition) is 6. The van der Waals surface area contributed by atoms with Crippen LogP contribution in [0.15, 0.2) is 23.6 Å². The highest BCUT2D eigenvalue weighted by Crippen LogP contribution is 2.24. The van der Waals surface area contributed by atoms with Gasteiger partial charge in [-0.05, 0) is 13.0 Å². The van der Waals surface area contributed by atoms with Gasteiger partial charge in [0.15, 0.2) is 5.82 Å². The predicted molar refractivity (Wildman–Crippen MR) is 82.0 cm³/mol. The van der Waals surface area contributed by atoms with Crippen LogP contribution >= 0.6 is 23.2 Å². The van der Waals surface area contributed by atoms with Crippen molar-refractivity contribution in [2.75, 3.05) is 5.43 Å². The van der Waals surface area contributed by atoms with Crippen molar-refractivity contribution in [3.05, 3.63) is 45.3 Å². The summed E-state index contributed by atoms with van der Waals surface area (Å²) in [6, 6.07) is 1.53. The van der Waals surface area contributed by atoms with E-state index in [9.17, 15) is 10.2 Å². The van der Waals surface area contributed by atoms with Gasteiger partial charge in [-0.1, -0.05) is 23.2 Å². The molecule has 0 amide bonds. The second-order valence-electron chi connectivity index (χ2n) is 4.14. The number of aliphatic hydroxyl groups excluding tert-OH is 1. The third-order valence-corrected chi connectivity index (χ3v) is 3.19. The first-order chi connectivity index (χ1) is 10.0. The maximum absolute atomic E-state index is 9.95. The molecule has 0 bridgehead atoms. The van der Waals surface area contributed by atoms with Crippen LogP contribution in [0.2, 0.25) is 10.0 Å². The molecular formula is C13H12Cl2N4O2. The van der Waals surface area contributed by atoms with E-state index in [1.165, 1.54) is 24.7 Å². The maximum Gasteiger partial charge on any atom is 0.165 e. The Morgan fingerprint density at radius 1 is 1.33 bits per heavy atom. The van der Waals surface area contributed by atoms with Crippen LogP contribution in [0.4, 0.5) is 5.82 Å². The van der Waals surface area contributed by atoms with E-state index in [-0.39, 0.29) is 12.4 Å². The van der Waals surface area contributed by atoms with Crippen LogP contribution in [0.1, 0.15) is 16.8 Å². The molecule has 2 heterocycles. The van der Waals surface area contributed by atoms with Crippen molar-refractivity contribution in [1.82, 2.24) is 9.97 Å². The van der Waals surface area contributed by atoms with Crippen molar-refractivity contribution >= 4 is 35.2 Å². The van der Waals surface area contributed by atoms with Gasteiger partial charge in [-0.15, -0.1) is 0 Å². The molecule has 0 aliphatic rings. The van der Waals surface area contributed by atoms with Gasteiger partial charge >= 0.3 is 0 Å². The van der Waals surface area contributed by atoms with E-state index in [0.717, 1.165) is 0 Å². The number of hydrazone groups is 1. The first kappa shape index (κ1) is 15.5. The Morgan fingerprint density at radius 3 is 2.76 bits per heavy atom. The lowest BCUT2D eigenvalue weighted by Crippen LogP contribution is -2.00.